The van der Waals surface area contributed by atoms with Crippen molar-refractivity contribution in [3.63, 3.8) is 0 Å². The number of aromatic nitrogens is 2. The fraction of sp³-hybridized carbons (Fsp3) is 0.450. The number of carbonyl (C=O) groups excluding carboxylic acids is 1. The third-order valence-corrected chi connectivity index (χ3v) is 3.85. The lowest BCUT2D eigenvalue weighted by molar-refractivity contribution is -0.114. The van der Waals surface area contributed by atoms with Crippen LogP contribution in [-0.2, 0) is 21.6 Å². The summed E-state index contributed by atoms with van der Waals surface area (Å²) in [6, 6.07) is 5.88. The fourth-order valence-corrected chi connectivity index (χ4v) is 2.68. The number of anilines is 3. The summed E-state index contributed by atoms with van der Waals surface area (Å²) >= 11 is 0. The standard InChI is InChI=1S/C20H28N4O2/c1-12-8-15(9-13(2)18(12)21-14(3)25)22-17-10-16(11-26-7)23-19(24-17)20(4,5)6/h8-10H,11H2,1-7H3,(H,21,25)(H,22,23,24). The Morgan fingerprint density at radius 3 is 2.23 bits per heavy atom. The van der Waals surface area contributed by atoms with E-state index in [1.807, 2.05) is 32.0 Å². The summed E-state index contributed by atoms with van der Waals surface area (Å²) in [4.78, 5) is 20.6. The first-order valence-electron chi connectivity index (χ1n) is 8.63. The zero-order chi connectivity index (χ0) is 19.5. The quantitative estimate of drug-likeness (QED) is 0.838. The molecular formula is C20H28N4O2. The smallest absolute Gasteiger partial charge is 0.221 e. The predicted octanol–water partition coefficient (Wildman–Crippen LogP) is 4.24. The molecule has 6 heteroatoms. The highest BCUT2D eigenvalue weighted by Crippen LogP contribution is 2.28. The molecule has 2 rings (SSSR count). The molecule has 140 valence electrons. The van der Waals surface area contributed by atoms with Crippen molar-refractivity contribution in [2.75, 3.05) is 17.7 Å². The molecular weight excluding hydrogens is 328 g/mol. The van der Waals surface area contributed by atoms with Gasteiger partial charge in [0, 0.05) is 36.9 Å². The average molecular weight is 356 g/mol. The Morgan fingerprint density at radius 1 is 1.12 bits per heavy atom. The van der Waals surface area contributed by atoms with E-state index in [9.17, 15) is 4.79 Å². The highest BCUT2D eigenvalue weighted by Gasteiger charge is 2.19. The highest BCUT2D eigenvalue weighted by atomic mass is 16.5. The second kappa shape index (κ2) is 7.83. The van der Waals surface area contributed by atoms with Gasteiger partial charge in [0.1, 0.15) is 11.6 Å². The van der Waals surface area contributed by atoms with Gasteiger partial charge in [0.2, 0.25) is 5.91 Å². The van der Waals surface area contributed by atoms with E-state index in [4.69, 9.17) is 4.74 Å². The normalized spacial score (nSPS) is 11.3. The number of nitrogens with one attached hydrogen (secondary N) is 2. The van der Waals surface area contributed by atoms with Crippen LogP contribution < -0.4 is 10.6 Å². The van der Waals surface area contributed by atoms with Crippen LogP contribution in [0.3, 0.4) is 0 Å². The van der Waals surface area contributed by atoms with E-state index >= 15 is 0 Å². The Kier molecular flexibility index (Phi) is 5.97. The van der Waals surface area contributed by atoms with Gasteiger partial charge in [0.05, 0.1) is 12.3 Å². The van der Waals surface area contributed by atoms with Crippen LogP contribution in [0.2, 0.25) is 0 Å². The van der Waals surface area contributed by atoms with Crippen LogP contribution in [0.4, 0.5) is 17.2 Å². The van der Waals surface area contributed by atoms with Gasteiger partial charge in [-0.15, -0.1) is 0 Å². The number of amides is 1. The van der Waals surface area contributed by atoms with Gasteiger partial charge in [0.25, 0.3) is 0 Å². The first kappa shape index (κ1) is 19.8. The summed E-state index contributed by atoms with van der Waals surface area (Å²) < 4.78 is 5.23. The fourth-order valence-electron chi connectivity index (χ4n) is 2.68. The van der Waals surface area contributed by atoms with Crippen molar-refractivity contribution >= 4 is 23.1 Å². The predicted molar refractivity (Wildman–Crippen MR) is 105 cm³/mol. The molecule has 0 aliphatic carbocycles. The monoisotopic (exact) mass is 356 g/mol. The van der Waals surface area contributed by atoms with Crippen LogP contribution in [0.1, 0.15) is 50.3 Å². The van der Waals surface area contributed by atoms with E-state index in [0.717, 1.165) is 39.8 Å². The lowest BCUT2D eigenvalue weighted by atomic mass is 9.95. The minimum Gasteiger partial charge on any atom is -0.378 e. The van der Waals surface area contributed by atoms with Gasteiger partial charge >= 0.3 is 0 Å². The summed E-state index contributed by atoms with van der Waals surface area (Å²) in [6.45, 7) is 12.1. The number of hydrogen-bond acceptors (Lipinski definition) is 5. The lowest BCUT2D eigenvalue weighted by Gasteiger charge is -2.19. The Labute approximate surface area is 155 Å². The number of aryl methyl sites for hydroxylation is 2. The number of ether oxygens (including phenoxy) is 1. The lowest BCUT2D eigenvalue weighted by Crippen LogP contribution is -2.18. The summed E-state index contributed by atoms with van der Waals surface area (Å²) in [5.41, 5.74) is 4.41. The zero-order valence-electron chi connectivity index (χ0n) is 16.7. The largest absolute Gasteiger partial charge is 0.378 e. The molecule has 1 heterocycles. The molecule has 0 saturated carbocycles. The van der Waals surface area contributed by atoms with Crippen LogP contribution in [0.5, 0.6) is 0 Å². The summed E-state index contributed by atoms with van der Waals surface area (Å²) in [7, 11) is 1.65. The van der Waals surface area contributed by atoms with E-state index < -0.39 is 0 Å². The molecule has 26 heavy (non-hydrogen) atoms. The minimum absolute atomic E-state index is 0.0771. The Balaban J connectivity index is 2.38. The summed E-state index contributed by atoms with van der Waals surface area (Å²) in [6.07, 6.45) is 0. The maximum absolute atomic E-state index is 11.4. The van der Waals surface area contributed by atoms with Crippen molar-refractivity contribution in [1.29, 1.82) is 0 Å². The van der Waals surface area contributed by atoms with E-state index in [0.29, 0.717) is 6.61 Å². The first-order chi connectivity index (χ1) is 12.1. The first-order valence-corrected chi connectivity index (χ1v) is 8.63. The number of benzene rings is 1. The molecule has 6 nitrogen and oxygen atoms in total. The van der Waals surface area contributed by atoms with Gasteiger partial charge in [-0.1, -0.05) is 20.8 Å². The van der Waals surface area contributed by atoms with E-state index in [-0.39, 0.29) is 11.3 Å². The number of methoxy groups -OCH3 is 1. The van der Waals surface area contributed by atoms with Crippen molar-refractivity contribution in [3.8, 4) is 0 Å². The second-order valence-corrected chi connectivity index (χ2v) is 7.54. The minimum atomic E-state index is -0.165. The Bertz CT molecular complexity index is 787. The molecule has 0 radical (unpaired) electrons. The molecule has 0 bridgehead atoms. The van der Waals surface area contributed by atoms with Crippen molar-refractivity contribution in [2.45, 2.75) is 53.6 Å². The van der Waals surface area contributed by atoms with Gasteiger partial charge < -0.3 is 15.4 Å². The van der Waals surface area contributed by atoms with E-state index in [1.165, 1.54) is 6.92 Å². The molecule has 0 fully saturated rings. The Hall–Kier alpha value is -2.47. The van der Waals surface area contributed by atoms with Crippen LogP contribution in [-0.4, -0.2) is 23.0 Å². The third-order valence-electron chi connectivity index (χ3n) is 3.85. The summed E-state index contributed by atoms with van der Waals surface area (Å²) in [5, 5.41) is 6.24. The van der Waals surface area contributed by atoms with E-state index in [1.54, 1.807) is 7.11 Å². The van der Waals surface area contributed by atoms with Gasteiger partial charge in [-0.25, -0.2) is 9.97 Å². The highest BCUT2D eigenvalue weighted by molar-refractivity contribution is 5.91. The second-order valence-electron chi connectivity index (χ2n) is 7.54. The number of carbonyl (C=O) groups is 1. The number of nitrogens with zero attached hydrogens (tertiary/aromatic N) is 2. The van der Waals surface area contributed by atoms with Crippen molar-refractivity contribution in [1.82, 2.24) is 9.97 Å². The molecule has 2 N–H and O–H groups in total. The van der Waals surface area contributed by atoms with Gasteiger partial charge in [-0.2, -0.15) is 0 Å². The molecule has 0 saturated heterocycles. The van der Waals surface area contributed by atoms with E-state index in [2.05, 4.69) is 41.4 Å². The van der Waals surface area contributed by atoms with Crippen molar-refractivity contribution in [3.05, 3.63) is 40.8 Å². The average Bonchev–Trinajstić information content (AvgIpc) is 2.50. The van der Waals surface area contributed by atoms with Gasteiger partial charge in [0.15, 0.2) is 0 Å². The molecule has 0 aliphatic rings. The molecule has 0 aliphatic heterocycles. The topological polar surface area (TPSA) is 76.1 Å². The molecule has 1 amide bonds. The third kappa shape index (κ3) is 5.02. The molecule has 0 spiro atoms. The van der Waals surface area contributed by atoms with Gasteiger partial charge in [-0.3, -0.25) is 4.79 Å². The number of hydrogen-bond donors (Lipinski definition) is 2. The molecule has 2 aromatic rings. The maximum Gasteiger partial charge on any atom is 0.221 e. The number of rotatable bonds is 5. The molecule has 1 aromatic carbocycles. The van der Waals surface area contributed by atoms with Crippen LogP contribution in [0, 0.1) is 13.8 Å². The van der Waals surface area contributed by atoms with Crippen LogP contribution in [0.15, 0.2) is 18.2 Å². The van der Waals surface area contributed by atoms with Crippen molar-refractivity contribution < 1.29 is 9.53 Å². The maximum atomic E-state index is 11.4. The molecule has 0 atom stereocenters. The van der Waals surface area contributed by atoms with Gasteiger partial charge in [-0.05, 0) is 37.1 Å². The zero-order valence-corrected chi connectivity index (χ0v) is 16.7. The SMILES string of the molecule is COCc1cc(Nc2cc(C)c(NC(C)=O)c(C)c2)nc(C(C)(C)C)n1. The summed E-state index contributed by atoms with van der Waals surface area (Å²) in [5.74, 6) is 1.41. The van der Waals surface area contributed by atoms with Crippen LogP contribution >= 0.6 is 0 Å². The molecule has 1 aromatic heterocycles. The van der Waals surface area contributed by atoms with Crippen molar-refractivity contribution in [2.24, 2.45) is 0 Å². The Morgan fingerprint density at radius 2 is 1.73 bits per heavy atom. The molecule has 0 unspecified atom stereocenters. The van der Waals surface area contributed by atoms with Crippen LogP contribution in [0.25, 0.3) is 0 Å².